The third kappa shape index (κ3) is 7.14. The smallest absolute Gasteiger partial charge is 0.0355 e. The van der Waals surface area contributed by atoms with Gasteiger partial charge in [0.1, 0.15) is 0 Å². The van der Waals surface area contributed by atoms with Gasteiger partial charge in [0.15, 0.2) is 0 Å². The monoisotopic (exact) mass is 288 g/mol. The van der Waals surface area contributed by atoms with Crippen LogP contribution in [-0.2, 0) is 0 Å². The molecule has 0 amide bonds. The Labute approximate surface area is 133 Å². The Hall–Kier alpha value is 0. The van der Waals surface area contributed by atoms with Crippen molar-refractivity contribution in [3.05, 3.63) is 0 Å². The molecule has 0 aromatic rings. The third-order valence-electron chi connectivity index (χ3n) is 4.78. The zero-order valence-corrected chi connectivity index (χ0v) is 13.3. The Morgan fingerprint density at radius 2 is 1.25 bits per heavy atom. The number of fused-ring (bicyclic) bond motifs is 1. The molecule has 0 heterocycles. The fourth-order valence-electron chi connectivity index (χ4n) is 4.12. The first kappa shape index (κ1) is 28.2. The Balaban J connectivity index is -0.000000169. The van der Waals surface area contributed by atoms with Crippen LogP contribution >= 0.6 is 0 Å². The summed E-state index contributed by atoms with van der Waals surface area (Å²) in [7, 11) is 0. The average molecular weight is 289 g/mol. The van der Waals surface area contributed by atoms with Crippen LogP contribution in [0.3, 0.4) is 0 Å². The fourth-order valence-corrected chi connectivity index (χ4v) is 4.12. The highest BCUT2D eigenvalue weighted by Gasteiger charge is 2.39. The summed E-state index contributed by atoms with van der Waals surface area (Å²) in [6.07, 6.45) is 10.6. The standard InChI is InChI=1S/C13H24.2C2H6.3CH4/c1-3-10-8-9-11-6-5-7-13(11)12(10)4-2;2*1-2;;;/h10-13H,3-9H2,1-2H3;2*1-2H3;3*1H4. The van der Waals surface area contributed by atoms with Crippen LogP contribution in [0.1, 0.15) is 109 Å². The van der Waals surface area contributed by atoms with Gasteiger partial charge in [-0.1, -0.05) is 89.5 Å². The molecule has 128 valence electrons. The van der Waals surface area contributed by atoms with E-state index in [-0.39, 0.29) is 22.3 Å². The van der Waals surface area contributed by atoms with Crippen molar-refractivity contribution in [3.8, 4) is 0 Å². The van der Waals surface area contributed by atoms with Gasteiger partial charge in [-0.25, -0.2) is 0 Å². The molecule has 4 atom stereocenters. The van der Waals surface area contributed by atoms with Crippen molar-refractivity contribution in [2.75, 3.05) is 0 Å². The minimum absolute atomic E-state index is 0. The topological polar surface area (TPSA) is 0 Å². The molecule has 0 bridgehead atoms. The zero-order valence-electron chi connectivity index (χ0n) is 13.3. The molecule has 2 aliphatic carbocycles. The van der Waals surface area contributed by atoms with Crippen LogP contribution in [0.5, 0.6) is 0 Å². The van der Waals surface area contributed by atoms with E-state index in [1.54, 1.807) is 19.3 Å². The van der Waals surface area contributed by atoms with Gasteiger partial charge < -0.3 is 0 Å². The predicted octanol–water partition coefficient (Wildman–Crippen LogP) is 8.21. The van der Waals surface area contributed by atoms with E-state index in [0.29, 0.717) is 0 Å². The molecule has 0 aromatic heterocycles. The second-order valence-corrected chi connectivity index (χ2v) is 5.17. The summed E-state index contributed by atoms with van der Waals surface area (Å²) in [5.74, 6) is 4.42. The lowest BCUT2D eigenvalue weighted by molar-refractivity contribution is 0.104. The fraction of sp³-hybridized carbons (Fsp3) is 1.00. The minimum Gasteiger partial charge on any atom is -0.0776 e. The van der Waals surface area contributed by atoms with Crippen LogP contribution in [0, 0.1) is 23.7 Å². The van der Waals surface area contributed by atoms with Gasteiger partial charge in [-0.3, -0.25) is 0 Å². The Morgan fingerprint density at radius 1 is 0.700 bits per heavy atom. The molecule has 2 fully saturated rings. The van der Waals surface area contributed by atoms with Gasteiger partial charge >= 0.3 is 0 Å². The molecule has 0 radical (unpaired) electrons. The van der Waals surface area contributed by atoms with Crippen molar-refractivity contribution in [1.29, 1.82) is 0 Å². The van der Waals surface area contributed by atoms with Crippen LogP contribution < -0.4 is 0 Å². The van der Waals surface area contributed by atoms with Crippen LogP contribution in [-0.4, -0.2) is 0 Å². The van der Waals surface area contributed by atoms with E-state index >= 15 is 0 Å². The molecule has 0 aromatic carbocycles. The van der Waals surface area contributed by atoms with Crippen molar-refractivity contribution in [1.82, 2.24) is 0 Å². The molecule has 0 spiro atoms. The van der Waals surface area contributed by atoms with Crippen LogP contribution in [0.25, 0.3) is 0 Å². The van der Waals surface area contributed by atoms with Gasteiger partial charge in [0, 0.05) is 0 Å². The van der Waals surface area contributed by atoms with Crippen molar-refractivity contribution in [3.63, 3.8) is 0 Å². The third-order valence-corrected chi connectivity index (χ3v) is 4.78. The second-order valence-electron chi connectivity index (χ2n) is 5.17. The van der Waals surface area contributed by atoms with Crippen molar-refractivity contribution >= 4 is 0 Å². The summed E-state index contributed by atoms with van der Waals surface area (Å²) in [6.45, 7) is 12.8. The SMILES string of the molecule is C.C.C.CC.CC.CCC1CCC2CCCC2C1CC. The van der Waals surface area contributed by atoms with E-state index in [9.17, 15) is 0 Å². The molecule has 2 aliphatic rings. The molecule has 0 aliphatic heterocycles. The zero-order chi connectivity index (χ0) is 13.3. The molecule has 0 heteroatoms. The Bertz CT molecular complexity index is 161. The van der Waals surface area contributed by atoms with Crippen LogP contribution in [0.4, 0.5) is 0 Å². The highest BCUT2D eigenvalue weighted by Crippen LogP contribution is 2.49. The van der Waals surface area contributed by atoms with Gasteiger partial charge in [0.25, 0.3) is 0 Å². The molecule has 20 heavy (non-hydrogen) atoms. The quantitative estimate of drug-likeness (QED) is 0.480. The predicted molar refractivity (Wildman–Crippen MR) is 101 cm³/mol. The lowest BCUT2D eigenvalue weighted by Crippen LogP contribution is -2.31. The molecule has 2 saturated carbocycles. The number of hydrogen-bond acceptors (Lipinski definition) is 0. The average Bonchev–Trinajstić information content (AvgIpc) is 2.90. The first-order valence-corrected chi connectivity index (χ1v) is 8.36. The molecule has 0 nitrogen and oxygen atoms in total. The van der Waals surface area contributed by atoms with E-state index in [4.69, 9.17) is 0 Å². The highest BCUT2D eigenvalue weighted by atomic mass is 14.4. The van der Waals surface area contributed by atoms with E-state index < -0.39 is 0 Å². The summed E-state index contributed by atoms with van der Waals surface area (Å²) in [4.78, 5) is 0. The minimum atomic E-state index is 0. The van der Waals surface area contributed by atoms with Crippen LogP contribution in [0.15, 0.2) is 0 Å². The Morgan fingerprint density at radius 3 is 1.70 bits per heavy atom. The second kappa shape index (κ2) is 17.1. The van der Waals surface area contributed by atoms with E-state index in [1.165, 1.54) is 25.7 Å². The normalized spacial score (nSPS) is 29.7. The maximum Gasteiger partial charge on any atom is -0.0355 e. The maximum atomic E-state index is 2.41. The largest absolute Gasteiger partial charge is 0.0776 e. The molecule has 4 unspecified atom stereocenters. The Kier molecular flexibility index (Phi) is 24.0. The summed E-state index contributed by atoms with van der Waals surface area (Å²) in [5, 5.41) is 0. The molecule has 0 N–H and O–H groups in total. The van der Waals surface area contributed by atoms with Gasteiger partial charge in [-0.2, -0.15) is 0 Å². The lowest BCUT2D eigenvalue weighted by atomic mass is 9.66. The lowest BCUT2D eigenvalue weighted by Gasteiger charge is -2.39. The molecular formula is C20H48. The van der Waals surface area contributed by atoms with Gasteiger partial charge in [0.2, 0.25) is 0 Å². The van der Waals surface area contributed by atoms with Crippen molar-refractivity contribution in [2.24, 2.45) is 23.7 Å². The molecule has 0 saturated heterocycles. The number of rotatable bonds is 2. The first-order chi connectivity index (χ1) is 8.36. The van der Waals surface area contributed by atoms with Gasteiger partial charge in [-0.05, 0) is 42.9 Å². The first-order valence-electron chi connectivity index (χ1n) is 8.36. The maximum absolute atomic E-state index is 2.41. The van der Waals surface area contributed by atoms with Crippen molar-refractivity contribution < 1.29 is 0 Å². The summed E-state index contributed by atoms with van der Waals surface area (Å²) < 4.78 is 0. The molecular weight excluding hydrogens is 240 g/mol. The van der Waals surface area contributed by atoms with E-state index in [0.717, 1.165) is 23.7 Å². The van der Waals surface area contributed by atoms with Gasteiger partial charge in [0.05, 0.1) is 0 Å². The van der Waals surface area contributed by atoms with E-state index in [1.807, 2.05) is 27.7 Å². The summed E-state index contributed by atoms with van der Waals surface area (Å²) in [5.41, 5.74) is 0. The van der Waals surface area contributed by atoms with E-state index in [2.05, 4.69) is 13.8 Å². The summed E-state index contributed by atoms with van der Waals surface area (Å²) in [6, 6.07) is 0. The number of hydrogen-bond donors (Lipinski definition) is 0. The summed E-state index contributed by atoms with van der Waals surface area (Å²) >= 11 is 0. The highest BCUT2D eigenvalue weighted by molar-refractivity contribution is 4.89. The molecule has 2 rings (SSSR count). The van der Waals surface area contributed by atoms with Crippen molar-refractivity contribution in [2.45, 2.75) is 109 Å². The van der Waals surface area contributed by atoms with Gasteiger partial charge in [-0.15, -0.1) is 0 Å². The van der Waals surface area contributed by atoms with Crippen LogP contribution in [0.2, 0.25) is 0 Å².